The summed E-state index contributed by atoms with van der Waals surface area (Å²) in [5.74, 6) is 0.105. The second kappa shape index (κ2) is 5.31. The van der Waals surface area contributed by atoms with Crippen LogP contribution in [0.3, 0.4) is 0 Å². The van der Waals surface area contributed by atoms with Gasteiger partial charge in [0.05, 0.1) is 5.88 Å². The molecule has 6 heteroatoms. The van der Waals surface area contributed by atoms with E-state index in [-0.39, 0.29) is 11.9 Å². The first kappa shape index (κ1) is 10.6. The molecule has 1 aliphatic heterocycles. The minimum atomic E-state index is -1.99. The highest BCUT2D eigenvalue weighted by molar-refractivity contribution is 7.79. The number of hydrogen-bond acceptors (Lipinski definition) is 4. The zero-order valence-corrected chi connectivity index (χ0v) is 8.09. The van der Waals surface area contributed by atoms with Gasteiger partial charge in [0.25, 0.3) is 0 Å². The summed E-state index contributed by atoms with van der Waals surface area (Å²) < 4.78 is 20.7. The molecule has 0 bridgehead atoms. The Morgan fingerprint density at radius 3 is 2.62 bits per heavy atom. The van der Waals surface area contributed by atoms with Gasteiger partial charge < -0.3 is 9.87 Å². The van der Waals surface area contributed by atoms with E-state index in [9.17, 15) is 13.6 Å². The van der Waals surface area contributed by atoms with Gasteiger partial charge in [-0.2, -0.15) is 0 Å². The van der Waals surface area contributed by atoms with Crippen molar-refractivity contribution >= 4 is 17.5 Å². The SMILES string of the molecule is O=CNC1CCN(CS(=O)[O-])CC1. The highest BCUT2D eigenvalue weighted by atomic mass is 32.2. The van der Waals surface area contributed by atoms with Gasteiger partial charge in [0, 0.05) is 19.1 Å². The van der Waals surface area contributed by atoms with E-state index >= 15 is 0 Å². The molecule has 76 valence electrons. The van der Waals surface area contributed by atoms with Crippen LogP contribution in [0, 0.1) is 0 Å². The Morgan fingerprint density at radius 2 is 2.15 bits per heavy atom. The molecular weight excluding hydrogens is 192 g/mol. The van der Waals surface area contributed by atoms with Crippen molar-refractivity contribution in [2.24, 2.45) is 0 Å². The molecule has 1 saturated heterocycles. The maximum atomic E-state index is 10.4. The van der Waals surface area contributed by atoms with Crippen molar-refractivity contribution in [1.29, 1.82) is 0 Å². The summed E-state index contributed by atoms with van der Waals surface area (Å²) in [6, 6.07) is 0.217. The molecule has 0 saturated carbocycles. The Morgan fingerprint density at radius 1 is 1.54 bits per heavy atom. The van der Waals surface area contributed by atoms with Gasteiger partial charge >= 0.3 is 0 Å². The molecule has 1 amide bonds. The van der Waals surface area contributed by atoms with Gasteiger partial charge in [-0.15, -0.1) is 0 Å². The zero-order chi connectivity index (χ0) is 9.68. The number of carbonyl (C=O) groups excluding carboxylic acids is 1. The number of piperidine rings is 1. The van der Waals surface area contributed by atoms with Gasteiger partial charge in [-0.05, 0) is 23.9 Å². The summed E-state index contributed by atoms with van der Waals surface area (Å²) in [7, 11) is 0. The third kappa shape index (κ3) is 3.84. The number of nitrogens with one attached hydrogen (secondary N) is 1. The fraction of sp³-hybridized carbons (Fsp3) is 0.857. The standard InChI is InChI=1S/C7H14N2O3S/c10-5-8-7-1-3-9(4-2-7)6-13(11)12/h5,7H,1-4,6H2,(H,8,10)(H,11,12)/p-1. The molecule has 0 spiro atoms. The van der Waals surface area contributed by atoms with Crippen LogP contribution >= 0.6 is 0 Å². The second-order valence-corrected chi connectivity index (χ2v) is 3.98. The lowest BCUT2D eigenvalue weighted by molar-refractivity contribution is -0.110. The Balaban J connectivity index is 2.22. The predicted octanol–water partition coefficient (Wildman–Crippen LogP) is -0.967. The van der Waals surface area contributed by atoms with Crippen LogP contribution in [0.2, 0.25) is 0 Å². The molecule has 0 aliphatic carbocycles. The van der Waals surface area contributed by atoms with E-state index in [0.29, 0.717) is 6.41 Å². The smallest absolute Gasteiger partial charge is 0.207 e. The van der Waals surface area contributed by atoms with Crippen molar-refractivity contribution in [2.45, 2.75) is 18.9 Å². The molecule has 0 radical (unpaired) electrons. The van der Waals surface area contributed by atoms with Crippen molar-refractivity contribution in [2.75, 3.05) is 19.0 Å². The average molecular weight is 205 g/mol. The molecule has 1 aliphatic rings. The summed E-state index contributed by atoms with van der Waals surface area (Å²) in [6.07, 6.45) is 2.36. The fourth-order valence-corrected chi connectivity index (χ4v) is 2.03. The molecule has 1 rings (SSSR count). The number of carbonyl (C=O) groups is 1. The maximum Gasteiger partial charge on any atom is 0.207 e. The van der Waals surface area contributed by atoms with E-state index in [2.05, 4.69) is 5.32 Å². The quantitative estimate of drug-likeness (QED) is 0.473. The molecule has 1 heterocycles. The molecule has 5 nitrogen and oxygen atoms in total. The minimum absolute atomic E-state index is 0.105. The first-order valence-corrected chi connectivity index (χ1v) is 5.44. The van der Waals surface area contributed by atoms with Crippen LogP contribution in [0.5, 0.6) is 0 Å². The summed E-state index contributed by atoms with van der Waals surface area (Å²) in [5, 5.41) is 2.70. The van der Waals surface area contributed by atoms with Gasteiger partial charge in [0.15, 0.2) is 0 Å². The summed E-state index contributed by atoms with van der Waals surface area (Å²) in [6.45, 7) is 1.47. The molecular formula is C7H13N2O3S-. The third-order valence-electron chi connectivity index (χ3n) is 2.18. The summed E-state index contributed by atoms with van der Waals surface area (Å²) >= 11 is -1.99. The Labute approximate surface area is 79.8 Å². The number of likely N-dealkylation sites (tertiary alicyclic amines) is 1. The van der Waals surface area contributed by atoms with Crippen molar-refractivity contribution in [3.63, 3.8) is 0 Å². The topological polar surface area (TPSA) is 72.5 Å². The van der Waals surface area contributed by atoms with Crippen molar-refractivity contribution in [3.05, 3.63) is 0 Å². The van der Waals surface area contributed by atoms with E-state index in [1.54, 1.807) is 0 Å². The molecule has 0 aromatic rings. The molecule has 0 aromatic carbocycles. The lowest BCUT2D eigenvalue weighted by Crippen LogP contribution is -2.43. The molecule has 1 unspecified atom stereocenters. The van der Waals surface area contributed by atoms with Crippen LogP contribution < -0.4 is 5.32 Å². The zero-order valence-electron chi connectivity index (χ0n) is 7.27. The van der Waals surface area contributed by atoms with E-state index in [4.69, 9.17) is 0 Å². The number of amides is 1. The first-order valence-electron chi connectivity index (χ1n) is 4.20. The average Bonchev–Trinajstić information content (AvgIpc) is 2.08. The molecule has 13 heavy (non-hydrogen) atoms. The van der Waals surface area contributed by atoms with Crippen LogP contribution in [-0.2, 0) is 15.9 Å². The minimum Gasteiger partial charge on any atom is -0.771 e. The fourth-order valence-electron chi connectivity index (χ4n) is 1.47. The third-order valence-corrected chi connectivity index (χ3v) is 2.76. The normalized spacial score (nSPS) is 22.5. The second-order valence-electron chi connectivity index (χ2n) is 3.11. The first-order chi connectivity index (χ1) is 6.22. The van der Waals surface area contributed by atoms with E-state index in [1.807, 2.05) is 4.90 Å². The van der Waals surface area contributed by atoms with Gasteiger partial charge in [0.2, 0.25) is 6.41 Å². The van der Waals surface area contributed by atoms with Crippen LogP contribution in [-0.4, -0.2) is 45.1 Å². The molecule has 1 N–H and O–H groups in total. The highest BCUT2D eigenvalue weighted by Gasteiger charge is 2.17. The highest BCUT2D eigenvalue weighted by Crippen LogP contribution is 2.09. The lowest BCUT2D eigenvalue weighted by atomic mass is 10.1. The molecule has 1 atom stereocenters. The number of nitrogens with zero attached hydrogens (tertiary/aromatic N) is 1. The number of rotatable bonds is 4. The van der Waals surface area contributed by atoms with Crippen LogP contribution in [0.4, 0.5) is 0 Å². The van der Waals surface area contributed by atoms with E-state index in [0.717, 1.165) is 25.9 Å². The van der Waals surface area contributed by atoms with Crippen LogP contribution in [0.1, 0.15) is 12.8 Å². The van der Waals surface area contributed by atoms with Crippen LogP contribution in [0.15, 0.2) is 0 Å². The monoisotopic (exact) mass is 205 g/mol. The summed E-state index contributed by atoms with van der Waals surface area (Å²) in [4.78, 5) is 12.0. The summed E-state index contributed by atoms with van der Waals surface area (Å²) in [5.41, 5.74) is 0. The molecule has 1 fully saturated rings. The van der Waals surface area contributed by atoms with E-state index in [1.165, 1.54) is 0 Å². The Kier molecular flexibility index (Phi) is 4.34. The van der Waals surface area contributed by atoms with Crippen molar-refractivity contribution < 1.29 is 13.6 Å². The van der Waals surface area contributed by atoms with E-state index < -0.39 is 11.1 Å². The van der Waals surface area contributed by atoms with Gasteiger partial charge in [-0.1, -0.05) is 0 Å². The molecule has 0 aromatic heterocycles. The maximum absolute atomic E-state index is 10.4. The van der Waals surface area contributed by atoms with Gasteiger partial charge in [0.1, 0.15) is 0 Å². The largest absolute Gasteiger partial charge is 0.771 e. The van der Waals surface area contributed by atoms with Gasteiger partial charge in [-0.3, -0.25) is 13.9 Å². The predicted molar refractivity (Wildman–Crippen MR) is 47.6 cm³/mol. The lowest BCUT2D eigenvalue weighted by Gasteiger charge is -2.31. The van der Waals surface area contributed by atoms with Crippen molar-refractivity contribution in [3.8, 4) is 0 Å². The Hall–Kier alpha value is -0.460. The van der Waals surface area contributed by atoms with Crippen molar-refractivity contribution in [1.82, 2.24) is 10.2 Å². The van der Waals surface area contributed by atoms with Crippen LogP contribution in [0.25, 0.3) is 0 Å². The Bertz CT molecular complexity index is 192. The van der Waals surface area contributed by atoms with Gasteiger partial charge in [-0.25, -0.2) is 0 Å². The number of hydrogen-bond donors (Lipinski definition) is 1.